The first-order valence-electron chi connectivity index (χ1n) is 7.59. The Morgan fingerprint density at radius 2 is 2.16 bits per heavy atom. The minimum Gasteiger partial charge on any atom is -0.328 e. The van der Waals surface area contributed by atoms with E-state index in [2.05, 4.69) is 10.4 Å². The van der Waals surface area contributed by atoms with Crippen molar-refractivity contribution in [2.45, 2.75) is 20.0 Å². The number of amides is 1. The van der Waals surface area contributed by atoms with Gasteiger partial charge in [0.1, 0.15) is 5.70 Å². The van der Waals surface area contributed by atoms with E-state index in [-0.39, 0.29) is 22.4 Å². The molecule has 0 atom stereocenters. The summed E-state index contributed by atoms with van der Waals surface area (Å²) in [4.78, 5) is 24.6. The van der Waals surface area contributed by atoms with Crippen LogP contribution in [0, 0.1) is 10.1 Å². The summed E-state index contributed by atoms with van der Waals surface area (Å²) in [6.45, 7) is 3.00. The van der Waals surface area contributed by atoms with Crippen LogP contribution >= 0.6 is 12.2 Å². The molecule has 2 heterocycles. The molecule has 1 amide bonds. The molecule has 0 saturated carbocycles. The van der Waals surface area contributed by atoms with Crippen molar-refractivity contribution in [2.75, 3.05) is 0 Å². The van der Waals surface area contributed by atoms with Gasteiger partial charge in [-0.15, -0.1) is 0 Å². The fraction of sp³-hybridized carbons (Fsp3) is 0.188. The lowest BCUT2D eigenvalue weighted by Crippen LogP contribution is -2.29. The number of benzene rings is 1. The van der Waals surface area contributed by atoms with Crippen molar-refractivity contribution in [1.29, 1.82) is 0 Å². The van der Waals surface area contributed by atoms with Crippen molar-refractivity contribution in [3.8, 4) is 0 Å². The second-order valence-electron chi connectivity index (χ2n) is 5.40. The van der Waals surface area contributed by atoms with Crippen LogP contribution in [0.25, 0.3) is 6.08 Å². The number of nitro groups is 1. The third-order valence-electron chi connectivity index (χ3n) is 3.75. The maximum Gasteiger partial charge on any atom is 0.276 e. The number of carbonyl (C=O) groups excluding carboxylic acids is 1. The molecule has 1 aromatic carbocycles. The summed E-state index contributed by atoms with van der Waals surface area (Å²) >= 11 is 5.22. The van der Waals surface area contributed by atoms with Crippen LogP contribution in [0.1, 0.15) is 18.1 Å². The fourth-order valence-electron chi connectivity index (χ4n) is 2.49. The molecule has 0 spiro atoms. The molecule has 9 heteroatoms. The first-order chi connectivity index (χ1) is 12.0. The summed E-state index contributed by atoms with van der Waals surface area (Å²) in [5.74, 6) is -0.326. The Hall–Kier alpha value is -3.07. The van der Waals surface area contributed by atoms with Crippen LogP contribution in [0.4, 0.5) is 5.69 Å². The highest BCUT2D eigenvalue weighted by Crippen LogP contribution is 2.23. The molecule has 1 N–H and O–H groups in total. The zero-order valence-electron chi connectivity index (χ0n) is 13.4. The van der Waals surface area contributed by atoms with Crippen molar-refractivity contribution in [3.05, 3.63) is 63.6 Å². The van der Waals surface area contributed by atoms with Crippen molar-refractivity contribution < 1.29 is 9.72 Å². The number of carbonyl (C=O) groups is 1. The predicted molar refractivity (Wildman–Crippen MR) is 95.3 cm³/mol. The van der Waals surface area contributed by atoms with E-state index in [0.717, 1.165) is 12.1 Å². The lowest BCUT2D eigenvalue weighted by atomic mass is 10.1. The number of nitrogens with one attached hydrogen (secondary N) is 1. The zero-order chi connectivity index (χ0) is 18.0. The van der Waals surface area contributed by atoms with E-state index in [4.69, 9.17) is 12.2 Å². The van der Waals surface area contributed by atoms with E-state index in [9.17, 15) is 14.9 Å². The molecular weight excluding hydrogens is 342 g/mol. The first kappa shape index (κ1) is 16.8. The van der Waals surface area contributed by atoms with Gasteiger partial charge < -0.3 is 5.32 Å². The molecule has 3 rings (SSSR count). The van der Waals surface area contributed by atoms with Crippen LogP contribution in [-0.4, -0.2) is 30.6 Å². The van der Waals surface area contributed by atoms with Gasteiger partial charge in [0.15, 0.2) is 5.11 Å². The van der Waals surface area contributed by atoms with Crippen LogP contribution in [0.2, 0.25) is 0 Å². The van der Waals surface area contributed by atoms with Crippen LogP contribution in [0.15, 0.2) is 42.4 Å². The Labute approximate surface area is 148 Å². The average molecular weight is 357 g/mol. The molecule has 2 aromatic rings. The van der Waals surface area contributed by atoms with Gasteiger partial charge in [0.25, 0.3) is 11.6 Å². The second kappa shape index (κ2) is 6.81. The maximum absolute atomic E-state index is 12.6. The van der Waals surface area contributed by atoms with Gasteiger partial charge >= 0.3 is 0 Å². The summed E-state index contributed by atoms with van der Waals surface area (Å²) in [6, 6.07) is 6.22. The number of aryl methyl sites for hydroxylation is 1. The Morgan fingerprint density at radius 1 is 1.40 bits per heavy atom. The highest BCUT2D eigenvalue weighted by Gasteiger charge is 2.31. The third kappa shape index (κ3) is 3.41. The van der Waals surface area contributed by atoms with Gasteiger partial charge in [0.05, 0.1) is 23.2 Å². The van der Waals surface area contributed by atoms with E-state index in [1.54, 1.807) is 29.1 Å². The Bertz CT molecular complexity index is 889. The van der Waals surface area contributed by atoms with Crippen molar-refractivity contribution >= 4 is 35.0 Å². The number of nitro benzene ring substituents is 1. The van der Waals surface area contributed by atoms with Gasteiger partial charge in [0.2, 0.25) is 0 Å². The van der Waals surface area contributed by atoms with Gasteiger partial charge in [-0.25, -0.2) is 0 Å². The average Bonchev–Trinajstić information content (AvgIpc) is 3.15. The van der Waals surface area contributed by atoms with E-state index in [1.165, 1.54) is 17.0 Å². The molecule has 8 nitrogen and oxygen atoms in total. The zero-order valence-corrected chi connectivity index (χ0v) is 14.2. The lowest BCUT2D eigenvalue weighted by molar-refractivity contribution is -0.385. The molecule has 0 aliphatic carbocycles. The number of thiocarbonyl (C=S) groups is 1. The summed E-state index contributed by atoms with van der Waals surface area (Å²) in [5, 5.41) is 18.4. The number of rotatable bonds is 5. The maximum atomic E-state index is 12.6. The molecule has 0 unspecified atom stereocenters. The van der Waals surface area contributed by atoms with Gasteiger partial charge in [0, 0.05) is 24.4 Å². The monoisotopic (exact) mass is 357 g/mol. The largest absolute Gasteiger partial charge is 0.328 e. The number of hydrogen-bond acceptors (Lipinski definition) is 5. The molecule has 1 aromatic heterocycles. The molecule has 1 aliphatic heterocycles. The highest BCUT2D eigenvalue weighted by atomic mass is 32.1. The van der Waals surface area contributed by atoms with Gasteiger partial charge in [-0.05, 0) is 31.3 Å². The summed E-state index contributed by atoms with van der Waals surface area (Å²) in [7, 11) is 0. The SMILES string of the molecule is CCn1cc(CN2C(=O)/C(=C\c3ccccc3[N+](=O)[O-])NC2=S)cn1. The van der Waals surface area contributed by atoms with Crippen molar-refractivity contribution in [3.63, 3.8) is 0 Å². The number of para-hydroxylation sites is 1. The van der Waals surface area contributed by atoms with Crippen molar-refractivity contribution in [2.24, 2.45) is 0 Å². The van der Waals surface area contributed by atoms with Gasteiger partial charge in [-0.2, -0.15) is 5.10 Å². The third-order valence-corrected chi connectivity index (χ3v) is 4.07. The van der Waals surface area contributed by atoms with Crippen LogP contribution < -0.4 is 5.32 Å². The van der Waals surface area contributed by atoms with Crippen LogP contribution in [0.3, 0.4) is 0 Å². The Balaban J connectivity index is 1.85. The minimum atomic E-state index is -0.485. The summed E-state index contributed by atoms with van der Waals surface area (Å²) in [5.41, 5.74) is 1.33. The molecule has 0 bridgehead atoms. The van der Waals surface area contributed by atoms with Gasteiger partial charge in [-0.3, -0.25) is 24.5 Å². The first-order valence-corrected chi connectivity index (χ1v) is 7.99. The minimum absolute atomic E-state index is 0.0711. The van der Waals surface area contributed by atoms with E-state index >= 15 is 0 Å². The normalized spacial score (nSPS) is 15.7. The number of aromatic nitrogens is 2. The van der Waals surface area contributed by atoms with Gasteiger partial charge in [-0.1, -0.05) is 12.1 Å². The number of hydrogen-bond donors (Lipinski definition) is 1. The Morgan fingerprint density at radius 3 is 2.84 bits per heavy atom. The Kier molecular flexibility index (Phi) is 4.57. The highest BCUT2D eigenvalue weighted by molar-refractivity contribution is 7.80. The quantitative estimate of drug-likeness (QED) is 0.381. The molecule has 0 radical (unpaired) electrons. The predicted octanol–water partition coefficient (Wildman–Crippen LogP) is 2.07. The van der Waals surface area contributed by atoms with E-state index in [0.29, 0.717) is 12.1 Å². The lowest BCUT2D eigenvalue weighted by Gasteiger charge is -2.12. The molecule has 128 valence electrons. The smallest absolute Gasteiger partial charge is 0.276 e. The van der Waals surface area contributed by atoms with E-state index in [1.807, 2.05) is 13.1 Å². The molecule has 1 fully saturated rings. The molecule has 1 saturated heterocycles. The van der Waals surface area contributed by atoms with Crippen molar-refractivity contribution in [1.82, 2.24) is 20.0 Å². The fourth-order valence-corrected chi connectivity index (χ4v) is 2.75. The summed E-state index contributed by atoms with van der Waals surface area (Å²) in [6.07, 6.45) is 4.98. The van der Waals surface area contributed by atoms with Crippen LogP contribution in [-0.2, 0) is 17.9 Å². The van der Waals surface area contributed by atoms with E-state index < -0.39 is 4.92 Å². The topological polar surface area (TPSA) is 93.3 Å². The van der Waals surface area contributed by atoms with Crippen LogP contribution in [0.5, 0.6) is 0 Å². The molecular formula is C16H15N5O3S. The summed E-state index contributed by atoms with van der Waals surface area (Å²) < 4.78 is 1.76. The second-order valence-corrected chi connectivity index (χ2v) is 5.79. The standard InChI is InChI=1S/C16H15N5O3S/c1-2-19-9-11(8-17-19)10-20-15(22)13(18-16(20)25)7-12-5-3-4-6-14(12)21(23)24/h3-9H,2,10H2,1H3,(H,18,25)/b13-7+. The molecule has 1 aliphatic rings. The number of nitrogens with zero attached hydrogens (tertiary/aromatic N) is 4. The molecule has 25 heavy (non-hydrogen) atoms.